The average molecular weight is 324 g/mol. The first-order valence-electron chi connectivity index (χ1n) is 6.81. The number of nitrogens with zero attached hydrogens (tertiary/aromatic N) is 3. The van der Waals surface area contributed by atoms with E-state index in [9.17, 15) is 13.2 Å². The lowest BCUT2D eigenvalue weighted by Gasteiger charge is -2.23. The Bertz CT molecular complexity index is 767. The minimum absolute atomic E-state index is 0.111. The van der Waals surface area contributed by atoms with E-state index in [2.05, 4.69) is 25.7 Å². The zero-order valence-electron chi connectivity index (χ0n) is 11.9. The van der Waals surface area contributed by atoms with Gasteiger partial charge in [-0.3, -0.25) is 15.0 Å². The van der Waals surface area contributed by atoms with Gasteiger partial charge in [0.1, 0.15) is 4.90 Å². The van der Waals surface area contributed by atoms with E-state index in [-0.39, 0.29) is 10.8 Å². The van der Waals surface area contributed by atoms with E-state index in [1.165, 1.54) is 29.9 Å². The first-order valence-corrected chi connectivity index (χ1v) is 8.25. The third kappa shape index (κ3) is 2.29. The highest BCUT2D eigenvalue weighted by atomic mass is 32.2. The second kappa shape index (κ2) is 5.54. The van der Waals surface area contributed by atoms with Crippen LogP contribution in [0.1, 0.15) is 34.9 Å². The van der Waals surface area contributed by atoms with Crippen molar-refractivity contribution in [2.75, 3.05) is 13.6 Å². The molecule has 1 aliphatic heterocycles. The average Bonchev–Trinajstić information content (AvgIpc) is 3.25. The third-order valence-corrected chi connectivity index (χ3v) is 5.63. The van der Waals surface area contributed by atoms with Crippen molar-refractivity contribution in [2.24, 2.45) is 0 Å². The molecule has 1 amide bonds. The molecule has 0 radical (unpaired) electrons. The molecule has 0 unspecified atom stereocenters. The number of rotatable bonds is 4. The molecule has 0 bridgehead atoms. The van der Waals surface area contributed by atoms with Crippen molar-refractivity contribution in [1.82, 2.24) is 30.0 Å². The third-order valence-electron chi connectivity index (χ3n) is 3.76. The summed E-state index contributed by atoms with van der Waals surface area (Å²) in [5.74, 6) is -0.295. The molecular weight excluding hydrogens is 308 g/mol. The normalized spacial score (nSPS) is 19.4. The van der Waals surface area contributed by atoms with Gasteiger partial charge < -0.3 is 5.32 Å². The Morgan fingerprint density at radius 1 is 1.41 bits per heavy atom. The predicted octanol–water partition coefficient (Wildman–Crippen LogP) is 0.0182. The summed E-state index contributed by atoms with van der Waals surface area (Å²) in [6, 6.07) is -0.435. The molecule has 10 heteroatoms. The fourth-order valence-corrected chi connectivity index (χ4v) is 4.27. The molecule has 0 aliphatic carbocycles. The van der Waals surface area contributed by atoms with Gasteiger partial charge in [-0.2, -0.15) is 14.5 Å². The van der Waals surface area contributed by atoms with Crippen LogP contribution in [0, 0.1) is 0 Å². The summed E-state index contributed by atoms with van der Waals surface area (Å²) >= 11 is 0. The van der Waals surface area contributed by atoms with Crippen molar-refractivity contribution < 1.29 is 13.2 Å². The molecule has 1 saturated heterocycles. The van der Waals surface area contributed by atoms with Crippen molar-refractivity contribution in [3.05, 3.63) is 29.8 Å². The molecule has 2 aromatic rings. The number of hydrogen-bond acceptors (Lipinski definition) is 5. The van der Waals surface area contributed by atoms with Crippen LogP contribution in [0.2, 0.25) is 0 Å². The van der Waals surface area contributed by atoms with Gasteiger partial charge in [0.2, 0.25) is 10.0 Å². The zero-order valence-corrected chi connectivity index (χ0v) is 12.7. The van der Waals surface area contributed by atoms with Gasteiger partial charge in [-0.25, -0.2) is 8.42 Å². The fourth-order valence-electron chi connectivity index (χ4n) is 2.70. The Morgan fingerprint density at radius 3 is 2.91 bits per heavy atom. The molecule has 1 atom stereocenters. The molecule has 1 fully saturated rings. The van der Waals surface area contributed by atoms with Gasteiger partial charge in [0.25, 0.3) is 5.91 Å². The minimum atomic E-state index is -3.66. The van der Waals surface area contributed by atoms with Crippen LogP contribution in [0.4, 0.5) is 0 Å². The molecule has 118 valence electrons. The molecule has 2 aromatic heterocycles. The van der Waals surface area contributed by atoms with Gasteiger partial charge in [-0.1, -0.05) is 0 Å². The van der Waals surface area contributed by atoms with Crippen molar-refractivity contribution in [3.63, 3.8) is 0 Å². The lowest BCUT2D eigenvalue weighted by Crippen LogP contribution is -2.32. The highest BCUT2D eigenvalue weighted by Crippen LogP contribution is 2.36. The van der Waals surface area contributed by atoms with Crippen LogP contribution >= 0.6 is 0 Å². The van der Waals surface area contributed by atoms with Crippen molar-refractivity contribution in [1.29, 1.82) is 0 Å². The highest BCUT2D eigenvalue weighted by Gasteiger charge is 2.39. The monoisotopic (exact) mass is 324 g/mol. The number of aromatic nitrogens is 4. The van der Waals surface area contributed by atoms with E-state index in [1.54, 1.807) is 0 Å². The lowest BCUT2D eigenvalue weighted by molar-refractivity contribution is 0.0961. The van der Waals surface area contributed by atoms with Gasteiger partial charge in [0, 0.05) is 19.8 Å². The first kappa shape index (κ1) is 14.7. The smallest absolute Gasteiger partial charge is 0.254 e. The number of carbonyl (C=O) groups excluding carboxylic acids is 1. The van der Waals surface area contributed by atoms with E-state index in [1.807, 2.05) is 0 Å². The summed E-state index contributed by atoms with van der Waals surface area (Å²) in [5.41, 5.74) is 0.880. The molecule has 22 heavy (non-hydrogen) atoms. The van der Waals surface area contributed by atoms with Crippen LogP contribution in [0.25, 0.3) is 0 Å². The Kier molecular flexibility index (Phi) is 3.71. The molecule has 0 saturated carbocycles. The minimum Gasteiger partial charge on any atom is -0.355 e. The number of nitrogens with one attached hydrogen (secondary N) is 3. The van der Waals surface area contributed by atoms with Gasteiger partial charge in [0.15, 0.2) is 0 Å². The molecule has 0 spiro atoms. The Labute approximate surface area is 127 Å². The zero-order chi connectivity index (χ0) is 15.7. The van der Waals surface area contributed by atoms with Gasteiger partial charge in [-0.05, 0) is 12.8 Å². The Balaban J connectivity index is 1.98. The summed E-state index contributed by atoms with van der Waals surface area (Å²) < 4.78 is 26.8. The van der Waals surface area contributed by atoms with Gasteiger partial charge in [-0.15, -0.1) is 0 Å². The molecule has 0 aromatic carbocycles. The van der Waals surface area contributed by atoms with Crippen LogP contribution in [-0.4, -0.2) is 52.6 Å². The molecule has 3 N–H and O–H groups in total. The predicted molar refractivity (Wildman–Crippen MR) is 76.4 cm³/mol. The molecule has 3 rings (SSSR count). The standard InChI is InChI=1S/C12H16N6O3S/c1-13-12(19)9-7-16-17-11(9)10-3-2-4-18(10)22(20,21)8-5-14-15-6-8/h5-7,10H,2-4H2,1H3,(H,13,19)(H,14,15)(H,16,17)/t10-/m0/s1. The summed E-state index contributed by atoms with van der Waals surface area (Å²) in [6.45, 7) is 0.393. The van der Waals surface area contributed by atoms with Crippen molar-refractivity contribution in [3.8, 4) is 0 Å². The maximum atomic E-state index is 12.7. The summed E-state index contributed by atoms with van der Waals surface area (Å²) in [5, 5.41) is 15.4. The number of hydrogen-bond donors (Lipinski definition) is 3. The lowest BCUT2D eigenvalue weighted by atomic mass is 10.1. The quantitative estimate of drug-likeness (QED) is 0.731. The van der Waals surface area contributed by atoms with Gasteiger partial charge >= 0.3 is 0 Å². The first-order chi connectivity index (χ1) is 10.6. The SMILES string of the molecule is CNC(=O)c1cn[nH]c1[C@@H]1CCCN1S(=O)(=O)c1cn[nH]c1. The summed E-state index contributed by atoms with van der Waals surface area (Å²) in [7, 11) is -2.14. The molecule has 3 heterocycles. The maximum Gasteiger partial charge on any atom is 0.254 e. The number of H-pyrrole nitrogens is 2. The van der Waals surface area contributed by atoms with Crippen LogP contribution in [0.5, 0.6) is 0 Å². The highest BCUT2D eigenvalue weighted by molar-refractivity contribution is 7.89. The maximum absolute atomic E-state index is 12.7. The molecule has 9 nitrogen and oxygen atoms in total. The van der Waals surface area contributed by atoms with Crippen LogP contribution in [0.3, 0.4) is 0 Å². The fraction of sp³-hybridized carbons (Fsp3) is 0.417. The largest absolute Gasteiger partial charge is 0.355 e. The van der Waals surface area contributed by atoms with Crippen LogP contribution < -0.4 is 5.32 Å². The topological polar surface area (TPSA) is 124 Å². The van der Waals surface area contributed by atoms with E-state index in [0.29, 0.717) is 30.6 Å². The molecular formula is C12H16N6O3S. The van der Waals surface area contributed by atoms with E-state index >= 15 is 0 Å². The van der Waals surface area contributed by atoms with E-state index in [4.69, 9.17) is 0 Å². The van der Waals surface area contributed by atoms with Crippen LogP contribution in [-0.2, 0) is 10.0 Å². The van der Waals surface area contributed by atoms with E-state index < -0.39 is 16.1 Å². The van der Waals surface area contributed by atoms with E-state index in [0.717, 1.165) is 0 Å². The number of amides is 1. The Hall–Kier alpha value is -2.20. The number of sulfonamides is 1. The van der Waals surface area contributed by atoms with Gasteiger partial charge in [0.05, 0.1) is 29.7 Å². The molecule has 1 aliphatic rings. The summed E-state index contributed by atoms with van der Waals surface area (Å²) in [6.07, 6.45) is 5.38. The number of aromatic amines is 2. The second-order valence-corrected chi connectivity index (χ2v) is 6.87. The second-order valence-electron chi connectivity index (χ2n) is 4.98. The van der Waals surface area contributed by atoms with Crippen LogP contribution in [0.15, 0.2) is 23.5 Å². The van der Waals surface area contributed by atoms with Crippen molar-refractivity contribution >= 4 is 15.9 Å². The summed E-state index contributed by atoms with van der Waals surface area (Å²) in [4.78, 5) is 12.0. The number of carbonyl (C=O) groups is 1. The Morgan fingerprint density at radius 2 is 2.23 bits per heavy atom. The van der Waals surface area contributed by atoms with Crippen molar-refractivity contribution in [2.45, 2.75) is 23.8 Å².